The molecule has 1 atom stereocenters. The monoisotopic (exact) mass is 259 g/mol. The van der Waals surface area contributed by atoms with Crippen molar-refractivity contribution in [2.45, 2.75) is 39.3 Å². The van der Waals surface area contributed by atoms with Crippen molar-refractivity contribution in [2.24, 2.45) is 5.84 Å². The molecule has 2 rings (SSSR count). The zero-order valence-corrected chi connectivity index (χ0v) is 11.5. The zero-order chi connectivity index (χ0) is 13.7. The van der Waals surface area contributed by atoms with Crippen LogP contribution in [-0.4, -0.2) is 14.5 Å². The van der Waals surface area contributed by atoms with Gasteiger partial charge in [-0.15, -0.1) is 0 Å². The lowest BCUT2D eigenvalue weighted by Gasteiger charge is -2.17. The average molecular weight is 259 g/mol. The van der Waals surface area contributed by atoms with Crippen LogP contribution < -0.4 is 11.3 Å². The van der Waals surface area contributed by atoms with Gasteiger partial charge in [0.05, 0.1) is 11.7 Å². The molecule has 0 saturated carbocycles. The first kappa shape index (κ1) is 13.7. The number of hydrogen-bond donors (Lipinski definition) is 2. The molecule has 3 N–H and O–H groups in total. The molecule has 5 heteroatoms. The van der Waals surface area contributed by atoms with Crippen LogP contribution in [0.4, 0.5) is 0 Å². The van der Waals surface area contributed by atoms with Crippen LogP contribution in [0.2, 0.25) is 0 Å². The summed E-state index contributed by atoms with van der Waals surface area (Å²) in [6, 6.07) is 3.97. The Kier molecular flexibility index (Phi) is 4.65. The van der Waals surface area contributed by atoms with Crippen LogP contribution in [0.25, 0.3) is 0 Å². The Balaban J connectivity index is 2.19. The van der Waals surface area contributed by atoms with Crippen LogP contribution in [0.3, 0.4) is 0 Å². The van der Waals surface area contributed by atoms with Crippen molar-refractivity contribution in [1.82, 2.24) is 20.0 Å². The molecule has 1 unspecified atom stereocenters. The van der Waals surface area contributed by atoms with Gasteiger partial charge in [0.15, 0.2) is 0 Å². The number of pyridine rings is 1. The van der Waals surface area contributed by atoms with Crippen molar-refractivity contribution >= 4 is 0 Å². The van der Waals surface area contributed by atoms with Crippen molar-refractivity contribution in [2.75, 3.05) is 0 Å². The number of nitrogens with two attached hydrogens (primary N) is 1. The SMILES string of the molecule is CCCn1ccnc1CC(NN)c1ncccc1C. The average Bonchev–Trinajstić information content (AvgIpc) is 2.85. The Hall–Kier alpha value is -1.72. The summed E-state index contributed by atoms with van der Waals surface area (Å²) in [6.45, 7) is 5.18. The van der Waals surface area contributed by atoms with Crippen molar-refractivity contribution in [1.29, 1.82) is 0 Å². The van der Waals surface area contributed by atoms with E-state index in [1.54, 1.807) is 6.20 Å². The number of hydrazine groups is 1. The van der Waals surface area contributed by atoms with Gasteiger partial charge in [0.1, 0.15) is 5.82 Å². The molecule has 0 bridgehead atoms. The number of aromatic nitrogens is 3. The van der Waals surface area contributed by atoms with Crippen LogP contribution in [0.15, 0.2) is 30.7 Å². The highest BCUT2D eigenvalue weighted by Gasteiger charge is 2.16. The second-order valence-corrected chi connectivity index (χ2v) is 4.67. The molecule has 2 aromatic rings. The summed E-state index contributed by atoms with van der Waals surface area (Å²) in [7, 11) is 0. The number of nitrogens with one attached hydrogen (secondary N) is 1. The third-order valence-corrected chi connectivity index (χ3v) is 3.23. The summed E-state index contributed by atoms with van der Waals surface area (Å²) >= 11 is 0. The van der Waals surface area contributed by atoms with E-state index in [2.05, 4.69) is 26.9 Å². The smallest absolute Gasteiger partial charge is 0.110 e. The van der Waals surface area contributed by atoms with E-state index in [-0.39, 0.29) is 6.04 Å². The van der Waals surface area contributed by atoms with Crippen molar-refractivity contribution in [3.05, 3.63) is 47.8 Å². The second kappa shape index (κ2) is 6.45. The summed E-state index contributed by atoms with van der Waals surface area (Å²) in [4.78, 5) is 8.84. The molecular weight excluding hydrogens is 238 g/mol. The van der Waals surface area contributed by atoms with Crippen molar-refractivity contribution < 1.29 is 0 Å². The summed E-state index contributed by atoms with van der Waals surface area (Å²) in [5, 5.41) is 0. The van der Waals surface area contributed by atoms with Gasteiger partial charge >= 0.3 is 0 Å². The van der Waals surface area contributed by atoms with Gasteiger partial charge < -0.3 is 4.57 Å². The number of rotatable bonds is 6. The highest BCUT2D eigenvalue weighted by molar-refractivity contribution is 5.22. The highest BCUT2D eigenvalue weighted by Crippen LogP contribution is 2.18. The molecule has 0 aliphatic carbocycles. The van der Waals surface area contributed by atoms with E-state index in [1.807, 2.05) is 31.5 Å². The first-order chi connectivity index (χ1) is 9.26. The Morgan fingerprint density at radius 1 is 1.37 bits per heavy atom. The molecule has 0 radical (unpaired) electrons. The van der Waals surface area contributed by atoms with Gasteiger partial charge in [-0.3, -0.25) is 16.3 Å². The fourth-order valence-corrected chi connectivity index (χ4v) is 2.25. The fraction of sp³-hybridized carbons (Fsp3) is 0.429. The van der Waals surface area contributed by atoms with E-state index in [9.17, 15) is 0 Å². The number of hydrogen-bond acceptors (Lipinski definition) is 4. The number of nitrogens with zero attached hydrogens (tertiary/aromatic N) is 3. The maximum Gasteiger partial charge on any atom is 0.110 e. The molecule has 0 aliphatic rings. The van der Waals surface area contributed by atoms with Crippen LogP contribution in [-0.2, 0) is 13.0 Å². The lowest BCUT2D eigenvalue weighted by Crippen LogP contribution is -2.31. The first-order valence-corrected chi connectivity index (χ1v) is 6.64. The van der Waals surface area contributed by atoms with E-state index in [1.165, 1.54) is 0 Å². The predicted molar refractivity (Wildman–Crippen MR) is 75.3 cm³/mol. The highest BCUT2D eigenvalue weighted by atomic mass is 15.2. The quantitative estimate of drug-likeness (QED) is 0.612. The van der Waals surface area contributed by atoms with Gasteiger partial charge in [-0.2, -0.15) is 0 Å². The predicted octanol–water partition coefficient (Wildman–Crippen LogP) is 1.74. The third kappa shape index (κ3) is 3.19. The Bertz CT molecular complexity index is 520. The first-order valence-electron chi connectivity index (χ1n) is 6.64. The Morgan fingerprint density at radius 2 is 2.21 bits per heavy atom. The number of aryl methyl sites for hydroxylation is 2. The molecule has 102 valence electrons. The lowest BCUT2D eigenvalue weighted by molar-refractivity contribution is 0.504. The molecule has 5 nitrogen and oxygen atoms in total. The lowest BCUT2D eigenvalue weighted by atomic mass is 10.1. The van der Waals surface area contributed by atoms with Gasteiger partial charge in [-0.25, -0.2) is 4.98 Å². The van der Waals surface area contributed by atoms with Crippen LogP contribution in [0.5, 0.6) is 0 Å². The topological polar surface area (TPSA) is 68.8 Å². The molecule has 2 heterocycles. The largest absolute Gasteiger partial charge is 0.335 e. The summed E-state index contributed by atoms with van der Waals surface area (Å²) < 4.78 is 2.17. The maximum atomic E-state index is 5.69. The summed E-state index contributed by atoms with van der Waals surface area (Å²) in [6.07, 6.45) is 7.47. The molecule has 0 spiro atoms. The molecule has 0 fully saturated rings. The summed E-state index contributed by atoms with van der Waals surface area (Å²) in [5.41, 5.74) is 4.97. The molecule has 2 aromatic heterocycles. The molecule has 0 amide bonds. The standard InChI is InChI=1S/C14H21N5/c1-3-8-19-9-7-16-13(19)10-12(18-15)14-11(2)5-4-6-17-14/h4-7,9,12,18H,3,8,10,15H2,1-2H3. The van der Waals surface area contributed by atoms with Gasteiger partial charge in [0, 0.05) is 31.6 Å². The van der Waals surface area contributed by atoms with Crippen LogP contribution in [0, 0.1) is 6.92 Å². The molecule has 19 heavy (non-hydrogen) atoms. The minimum atomic E-state index is -0.0146. The molecular formula is C14H21N5. The van der Waals surface area contributed by atoms with Gasteiger partial charge in [-0.05, 0) is 25.0 Å². The molecule has 0 saturated heterocycles. The minimum absolute atomic E-state index is 0.0146. The van der Waals surface area contributed by atoms with E-state index in [0.29, 0.717) is 0 Å². The fourth-order valence-electron chi connectivity index (χ4n) is 2.25. The third-order valence-electron chi connectivity index (χ3n) is 3.23. The van der Waals surface area contributed by atoms with Gasteiger partial charge in [-0.1, -0.05) is 13.0 Å². The molecule has 0 aromatic carbocycles. The second-order valence-electron chi connectivity index (χ2n) is 4.67. The normalized spacial score (nSPS) is 12.6. The van der Waals surface area contributed by atoms with Crippen LogP contribution in [0.1, 0.15) is 36.5 Å². The van der Waals surface area contributed by atoms with E-state index in [0.717, 1.165) is 36.5 Å². The van der Waals surface area contributed by atoms with Crippen molar-refractivity contribution in [3.8, 4) is 0 Å². The van der Waals surface area contributed by atoms with Crippen molar-refractivity contribution in [3.63, 3.8) is 0 Å². The molecule has 0 aliphatic heterocycles. The maximum absolute atomic E-state index is 5.69. The van der Waals surface area contributed by atoms with Gasteiger partial charge in [0.2, 0.25) is 0 Å². The zero-order valence-electron chi connectivity index (χ0n) is 11.5. The van der Waals surface area contributed by atoms with E-state index in [4.69, 9.17) is 5.84 Å². The van der Waals surface area contributed by atoms with E-state index < -0.39 is 0 Å². The van der Waals surface area contributed by atoms with Crippen LogP contribution >= 0.6 is 0 Å². The Labute approximate surface area is 113 Å². The van der Waals surface area contributed by atoms with E-state index >= 15 is 0 Å². The Morgan fingerprint density at radius 3 is 2.89 bits per heavy atom. The number of imidazole rings is 1. The minimum Gasteiger partial charge on any atom is -0.335 e. The van der Waals surface area contributed by atoms with Gasteiger partial charge in [0.25, 0.3) is 0 Å². The summed E-state index contributed by atoms with van der Waals surface area (Å²) in [5.74, 6) is 6.72.